The van der Waals surface area contributed by atoms with E-state index >= 15 is 0 Å². The highest BCUT2D eigenvalue weighted by Gasteiger charge is 2.14. The minimum Gasteiger partial charge on any atom is -0.438 e. The summed E-state index contributed by atoms with van der Waals surface area (Å²) in [5.74, 6) is -0.505. The third-order valence-electron chi connectivity index (χ3n) is 2.25. The quantitative estimate of drug-likeness (QED) is 0.663. The summed E-state index contributed by atoms with van der Waals surface area (Å²) in [7, 11) is 0. The van der Waals surface area contributed by atoms with E-state index in [1.165, 1.54) is 36.5 Å². The highest BCUT2D eigenvalue weighted by molar-refractivity contribution is 5.99. The number of primary amides is 1. The Kier molecular flexibility index (Phi) is 3.90. The minimum absolute atomic E-state index is 0.0466. The first-order chi connectivity index (χ1) is 9.56. The molecular weight excluding hydrogens is 265 g/mol. The molecule has 7 heteroatoms. The number of carbonyl (C=O) groups is 1. The lowest BCUT2D eigenvalue weighted by atomic mass is 10.2. The molecule has 0 radical (unpaired) electrons. The van der Waals surface area contributed by atoms with Gasteiger partial charge < -0.3 is 15.2 Å². The molecule has 20 heavy (non-hydrogen) atoms. The zero-order valence-corrected chi connectivity index (χ0v) is 10.2. The van der Waals surface area contributed by atoms with Crippen molar-refractivity contribution in [2.75, 3.05) is 0 Å². The summed E-state index contributed by atoms with van der Waals surface area (Å²) in [5, 5.41) is 7.60. The molecule has 3 N–H and O–H groups in total. The third-order valence-corrected chi connectivity index (χ3v) is 2.25. The maximum Gasteiger partial charge on any atom is 0.411 e. The molecule has 1 heterocycles. The molecule has 102 valence electrons. The Morgan fingerprint density at radius 3 is 2.60 bits per heavy atom. The Hall–Kier alpha value is -2.96. The van der Waals surface area contributed by atoms with Crippen molar-refractivity contribution in [2.45, 2.75) is 0 Å². The predicted molar refractivity (Wildman–Crippen MR) is 68.2 cm³/mol. The number of amides is 1. The van der Waals surface area contributed by atoms with Crippen LogP contribution in [0.1, 0.15) is 5.56 Å². The Morgan fingerprint density at radius 1 is 1.25 bits per heavy atom. The van der Waals surface area contributed by atoms with Gasteiger partial charge in [0.25, 0.3) is 0 Å². The van der Waals surface area contributed by atoms with Crippen molar-refractivity contribution in [3.8, 4) is 11.6 Å². The number of nitrogens with zero attached hydrogens (tertiary/aromatic N) is 1. The molecule has 0 unspecified atom stereocenters. The number of carbonyl (C=O) groups excluding carboxylic acids is 1. The van der Waals surface area contributed by atoms with Crippen molar-refractivity contribution in [3.05, 3.63) is 54.0 Å². The summed E-state index contributed by atoms with van der Waals surface area (Å²) in [5.41, 5.74) is 4.99. The molecule has 1 aromatic carbocycles. The summed E-state index contributed by atoms with van der Waals surface area (Å²) < 4.78 is 22.7. The van der Waals surface area contributed by atoms with Gasteiger partial charge in [-0.05, 0) is 36.4 Å². The number of hydrogen-bond acceptors (Lipinski definition) is 5. The molecule has 0 saturated heterocycles. The average Bonchev–Trinajstić information content (AvgIpc) is 2.41. The van der Waals surface area contributed by atoms with Crippen LogP contribution in [-0.4, -0.2) is 17.0 Å². The van der Waals surface area contributed by atoms with Crippen molar-refractivity contribution in [2.24, 2.45) is 5.73 Å². The van der Waals surface area contributed by atoms with E-state index in [1.54, 1.807) is 6.07 Å². The molecule has 0 aliphatic rings. The zero-order chi connectivity index (χ0) is 14.5. The average molecular weight is 275 g/mol. The van der Waals surface area contributed by atoms with Crippen LogP contribution in [0.4, 0.5) is 9.18 Å². The van der Waals surface area contributed by atoms with Crippen LogP contribution in [0.3, 0.4) is 0 Å². The largest absolute Gasteiger partial charge is 0.438 e. The Labute approximate surface area is 113 Å². The molecule has 2 rings (SSSR count). The Bertz CT molecular complexity index is 644. The van der Waals surface area contributed by atoms with Crippen molar-refractivity contribution in [1.82, 2.24) is 4.98 Å². The van der Waals surface area contributed by atoms with Gasteiger partial charge in [0.05, 0.1) is 5.56 Å². The number of nitrogens with one attached hydrogen (secondary N) is 1. The lowest BCUT2D eigenvalue weighted by molar-refractivity contribution is 0.207. The summed E-state index contributed by atoms with van der Waals surface area (Å²) in [6.07, 6.45) is 0.339. The van der Waals surface area contributed by atoms with E-state index in [0.29, 0.717) is 5.75 Å². The summed E-state index contributed by atoms with van der Waals surface area (Å²) in [6, 6.07) is 8.30. The summed E-state index contributed by atoms with van der Waals surface area (Å²) in [4.78, 5) is 14.6. The van der Waals surface area contributed by atoms with Gasteiger partial charge in [0.15, 0.2) is 0 Å². The maximum absolute atomic E-state index is 12.8. The van der Waals surface area contributed by atoms with Crippen LogP contribution in [0.5, 0.6) is 11.6 Å². The van der Waals surface area contributed by atoms with E-state index in [1.807, 2.05) is 0 Å². The second-order valence-electron chi connectivity index (χ2n) is 3.66. The lowest BCUT2D eigenvalue weighted by Crippen LogP contribution is -2.19. The van der Waals surface area contributed by atoms with Gasteiger partial charge in [-0.1, -0.05) is 0 Å². The van der Waals surface area contributed by atoms with Crippen LogP contribution in [0.25, 0.3) is 0 Å². The van der Waals surface area contributed by atoms with Gasteiger partial charge in [0.2, 0.25) is 11.8 Å². The fraction of sp³-hybridized carbons (Fsp3) is 0. The normalized spacial score (nSPS) is 9.85. The first kappa shape index (κ1) is 13.5. The van der Waals surface area contributed by atoms with Gasteiger partial charge in [-0.25, -0.2) is 14.2 Å². The van der Waals surface area contributed by atoms with E-state index in [0.717, 1.165) is 0 Å². The number of aromatic nitrogens is 1. The molecule has 0 fully saturated rings. The topological polar surface area (TPSA) is 98.3 Å². The van der Waals surface area contributed by atoms with E-state index in [4.69, 9.17) is 15.9 Å². The fourth-order valence-electron chi connectivity index (χ4n) is 1.41. The van der Waals surface area contributed by atoms with Gasteiger partial charge in [0, 0.05) is 6.20 Å². The van der Waals surface area contributed by atoms with Crippen LogP contribution in [0.15, 0.2) is 42.6 Å². The zero-order valence-electron chi connectivity index (χ0n) is 10.2. The molecular formula is C13H10FN3O3. The third kappa shape index (κ3) is 3.29. The Morgan fingerprint density at radius 2 is 1.95 bits per heavy atom. The maximum atomic E-state index is 12.8. The molecule has 0 spiro atoms. The van der Waals surface area contributed by atoms with Crippen LogP contribution in [0.2, 0.25) is 0 Å². The standard InChI is InChI=1S/C13H10FN3O3/c14-8-3-5-9(6-4-8)19-12-10(2-1-7-17-12)11(15)20-13(16)18/h1-7,15H,(H2,16,18). The monoisotopic (exact) mass is 275 g/mol. The van der Waals surface area contributed by atoms with Crippen LogP contribution < -0.4 is 10.5 Å². The first-order valence-electron chi connectivity index (χ1n) is 5.51. The minimum atomic E-state index is -1.11. The highest BCUT2D eigenvalue weighted by Crippen LogP contribution is 2.23. The van der Waals surface area contributed by atoms with Crippen LogP contribution in [0, 0.1) is 11.2 Å². The number of ether oxygens (including phenoxy) is 2. The molecule has 2 aromatic rings. The molecule has 0 saturated carbocycles. The lowest BCUT2D eigenvalue weighted by Gasteiger charge is -2.09. The van der Waals surface area contributed by atoms with E-state index < -0.39 is 17.8 Å². The number of pyridine rings is 1. The van der Waals surface area contributed by atoms with Gasteiger partial charge in [-0.2, -0.15) is 0 Å². The molecule has 1 aromatic heterocycles. The van der Waals surface area contributed by atoms with Gasteiger partial charge >= 0.3 is 6.09 Å². The van der Waals surface area contributed by atoms with E-state index in [9.17, 15) is 9.18 Å². The molecule has 0 aliphatic carbocycles. The van der Waals surface area contributed by atoms with Gasteiger partial charge in [-0.3, -0.25) is 5.41 Å². The van der Waals surface area contributed by atoms with E-state index in [-0.39, 0.29) is 11.4 Å². The summed E-state index contributed by atoms with van der Waals surface area (Å²) in [6.45, 7) is 0. The van der Waals surface area contributed by atoms with Gasteiger partial charge in [-0.15, -0.1) is 0 Å². The van der Waals surface area contributed by atoms with Crippen LogP contribution >= 0.6 is 0 Å². The molecule has 6 nitrogen and oxygen atoms in total. The number of rotatable bonds is 3. The number of nitrogens with two attached hydrogens (primary N) is 1. The van der Waals surface area contributed by atoms with Crippen molar-refractivity contribution in [1.29, 1.82) is 5.41 Å². The molecule has 0 bridgehead atoms. The van der Waals surface area contributed by atoms with Crippen molar-refractivity contribution >= 4 is 12.0 Å². The fourth-order valence-corrected chi connectivity index (χ4v) is 1.41. The van der Waals surface area contributed by atoms with Crippen molar-refractivity contribution < 1.29 is 18.7 Å². The molecule has 0 atom stereocenters. The van der Waals surface area contributed by atoms with Crippen LogP contribution in [-0.2, 0) is 4.74 Å². The predicted octanol–water partition coefficient (Wildman–Crippen LogP) is 2.43. The second-order valence-corrected chi connectivity index (χ2v) is 3.66. The van der Waals surface area contributed by atoms with E-state index in [2.05, 4.69) is 9.72 Å². The number of hydrogen-bond donors (Lipinski definition) is 2. The summed E-state index contributed by atoms with van der Waals surface area (Å²) >= 11 is 0. The highest BCUT2D eigenvalue weighted by atomic mass is 19.1. The molecule has 1 amide bonds. The number of benzene rings is 1. The first-order valence-corrected chi connectivity index (χ1v) is 5.51. The molecule has 0 aliphatic heterocycles. The smallest absolute Gasteiger partial charge is 0.411 e. The number of halogens is 1. The van der Waals surface area contributed by atoms with Gasteiger partial charge in [0.1, 0.15) is 11.6 Å². The Balaban J connectivity index is 2.25. The van der Waals surface area contributed by atoms with Crippen molar-refractivity contribution in [3.63, 3.8) is 0 Å². The SMILES string of the molecule is N=C(OC(N)=O)c1cccnc1Oc1ccc(F)cc1. The second kappa shape index (κ2) is 5.79.